The van der Waals surface area contributed by atoms with Gasteiger partial charge in [0.1, 0.15) is 18.1 Å². The molecule has 2 heterocycles. The van der Waals surface area contributed by atoms with Gasteiger partial charge in [-0.25, -0.2) is 4.68 Å². The summed E-state index contributed by atoms with van der Waals surface area (Å²) in [5, 5.41) is 4.57. The summed E-state index contributed by atoms with van der Waals surface area (Å²) in [6, 6.07) is 19.3. The lowest BCUT2D eigenvalue weighted by atomic mass is 10.0. The largest absolute Gasteiger partial charge is 0.488 e. The van der Waals surface area contributed by atoms with Gasteiger partial charge in [-0.3, -0.25) is 4.79 Å². The molecule has 0 amide bonds. The fourth-order valence-corrected chi connectivity index (χ4v) is 2.68. The Balaban J connectivity index is 1.82. The van der Waals surface area contributed by atoms with Crippen molar-refractivity contribution >= 4 is 0 Å². The summed E-state index contributed by atoms with van der Waals surface area (Å²) in [5.74, 6) is 0.812. The molecule has 1 aliphatic heterocycles. The SMILES string of the molecule is O=c1cc2c(nn1Cc1ccccc1)-c1ccccc1OC2. The van der Waals surface area contributed by atoms with Crippen LogP contribution in [0.15, 0.2) is 65.5 Å². The van der Waals surface area contributed by atoms with Crippen LogP contribution in [0.5, 0.6) is 5.75 Å². The normalized spacial score (nSPS) is 12.2. The van der Waals surface area contributed by atoms with Gasteiger partial charge in [0.2, 0.25) is 0 Å². The van der Waals surface area contributed by atoms with Crippen LogP contribution in [-0.4, -0.2) is 9.78 Å². The van der Waals surface area contributed by atoms with Crippen molar-refractivity contribution in [3.63, 3.8) is 0 Å². The number of para-hydroxylation sites is 1. The van der Waals surface area contributed by atoms with Gasteiger partial charge >= 0.3 is 0 Å². The van der Waals surface area contributed by atoms with Gasteiger partial charge in [-0.15, -0.1) is 0 Å². The molecule has 0 unspecified atom stereocenters. The lowest BCUT2D eigenvalue weighted by Crippen LogP contribution is -2.26. The smallest absolute Gasteiger partial charge is 0.267 e. The Morgan fingerprint density at radius 1 is 1.05 bits per heavy atom. The van der Waals surface area contributed by atoms with Crippen molar-refractivity contribution in [3.8, 4) is 17.0 Å². The Labute approximate surface area is 127 Å². The van der Waals surface area contributed by atoms with Crippen LogP contribution in [-0.2, 0) is 13.2 Å². The van der Waals surface area contributed by atoms with E-state index in [4.69, 9.17) is 4.74 Å². The number of hydrogen-bond donors (Lipinski definition) is 0. The van der Waals surface area contributed by atoms with E-state index < -0.39 is 0 Å². The number of rotatable bonds is 2. The summed E-state index contributed by atoms with van der Waals surface area (Å²) in [6.45, 7) is 0.858. The number of ether oxygens (including phenoxy) is 1. The van der Waals surface area contributed by atoms with Crippen molar-refractivity contribution in [1.29, 1.82) is 0 Å². The van der Waals surface area contributed by atoms with Crippen molar-refractivity contribution < 1.29 is 4.74 Å². The summed E-state index contributed by atoms with van der Waals surface area (Å²) in [6.07, 6.45) is 0. The predicted octanol–water partition coefficient (Wildman–Crippen LogP) is 2.85. The second-order valence-electron chi connectivity index (χ2n) is 5.28. The van der Waals surface area contributed by atoms with E-state index in [1.54, 1.807) is 6.07 Å². The molecule has 4 nitrogen and oxygen atoms in total. The summed E-state index contributed by atoms with van der Waals surface area (Å²) in [5.41, 5.74) is 3.55. The molecule has 0 N–H and O–H groups in total. The van der Waals surface area contributed by atoms with E-state index in [9.17, 15) is 4.79 Å². The van der Waals surface area contributed by atoms with Gasteiger partial charge in [0.25, 0.3) is 5.56 Å². The quantitative estimate of drug-likeness (QED) is 0.729. The molecule has 4 heteroatoms. The van der Waals surface area contributed by atoms with Crippen LogP contribution < -0.4 is 10.3 Å². The highest BCUT2D eigenvalue weighted by molar-refractivity contribution is 5.71. The van der Waals surface area contributed by atoms with E-state index in [-0.39, 0.29) is 5.56 Å². The standard InChI is InChI=1S/C18H14N2O2/c21-17-10-14-12-22-16-9-5-4-8-15(16)18(14)19-20(17)11-13-6-2-1-3-7-13/h1-10H,11-12H2. The molecule has 0 spiro atoms. The molecule has 1 aromatic heterocycles. The Kier molecular flexibility index (Phi) is 3.00. The minimum Gasteiger partial charge on any atom is -0.488 e. The monoisotopic (exact) mass is 290 g/mol. The molecule has 0 saturated carbocycles. The van der Waals surface area contributed by atoms with Gasteiger partial charge in [0.05, 0.1) is 6.54 Å². The second kappa shape index (κ2) is 5.15. The average molecular weight is 290 g/mol. The van der Waals surface area contributed by atoms with Crippen LogP contribution in [0.3, 0.4) is 0 Å². The zero-order chi connectivity index (χ0) is 14.9. The topological polar surface area (TPSA) is 44.1 Å². The summed E-state index contributed by atoms with van der Waals surface area (Å²) < 4.78 is 7.19. The van der Waals surface area contributed by atoms with Crippen LogP contribution in [0.4, 0.5) is 0 Å². The van der Waals surface area contributed by atoms with Crippen LogP contribution in [0.25, 0.3) is 11.3 Å². The van der Waals surface area contributed by atoms with Gasteiger partial charge in [-0.05, 0) is 17.7 Å². The molecule has 0 atom stereocenters. The van der Waals surface area contributed by atoms with Crippen molar-refractivity contribution in [2.45, 2.75) is 13.2 Å². The molecule has 4 rings (SSSR count). The molecule has 108 valence electrons. The molecule has 1 aliphatic rings. The summed E-state index contributed by atoms with van der Waals surface area (Å²) in [4.78, 5) is 12.3. The predicted molar refractivity (Wildman–Crippen MR) is 83.8 cm³/mol. The van der Waals surface area contributed by atoms with Gasteiger partial charge < -0.3 is 4.74 Å². The fourth-order valence-electron chi connectivity index (χ4n) is 2.68. The first kappa shape index (κ1) is 12.8. The summed E-state index contributed by atoms with van der Waals surface area (Å²) in [7, 11) is 0. The Bertz CT molecular complexity index is 885. The Morgan fingerprint density at radius 2 is 1.82 bits per heavy atom. The molecule has 0 saturated heterocycles. The molecule has 22 heavy (non-hydrogen) atoms. The second-order valence-corrected chi connectivity index (χ2v) is 5.28. The maximum absolute atomic E-state index is 12.3. The maximum atomic E-state index is 12.3. The van der Waals surface area contributed by atoms with E-state index in [1.807, 2.05) is 54.6 Å². The van der Waals surface area contributed by atoms with Crippen LogP contribution in [0.1, 0.15) is 11.1 Å². The van der Waals surface area contributed by atoms with Crippen molar-refractivity contribution in [3.05, 3.63) is 82.1 Å². The molecule has 0 radical (unpaired) electrons. The van der Waals surface area contributed by atoms with E-state index >= 15 is 0 Å². The maximum Gasteiger partial charge on any atom is 0.267 e. The highest BCUT2D eigenvalue weighted by atomic mass is 16.5. The highest BCUT2D eigenvalue weighted by Gasteiger charge is 2.20. The number of hydrogen-bond acceptors (Lipinski definition) is 3. The van der Waals surface area contributed by atoms with Gasteiger partial charge in [-0.2, -0.15) is 5.10 Å². The first-order chi connectivity index (χ1) is 10.8. The molecule has 0 aliphatic carbocycles. The molecule has 0 bridgehead atoms. The van der Waals surface area contributed by atoms with E-state index in [0.29, 0.717) is 13.2 Å². The number of fused-ring (bicyclic) bond motifs is 3. The first-order valence-electron chi connectivity index (χ1n) is 7.18. The molecular weight excluding hydrogens is 276 g/mol. The number of aromatic nitrogens is 2. The van der Waals surface area contributed by atoms with Crippen molar-refractivity contribution in [1.82, 2.24) is 9.78 Å². The zero-order valence-corrected chi connectivity index (χ0v) is 11.9. The van der Waals surface area contributed by atoms with Gasteiger partial charge in [0.15, 0.2) is 0 Å². The van der Waals surface area contributed by atoms with Crippen LogP contribution in [0, 0.1) is 0 Å². The van der Waals surface area contributed by atoms with Crippen LogP contribution in [0.2, 0.25) is 0 Å². The molecule has 0 fully saturated rings. The van der Waals surface area contributed by atoms with E-state index in [1.165, 1.54) is 4.68 Å². The van der Waals surface area contributed by atoms with E-state index in [0.717, 1.165) is 28.1 Å². The Hall–Kier alpha value is -2.88. The number of nitrogens with zero attached hydrogens (tertiary/aromatic N) is 2. The average Bonchev–Trinajstić information content (AvgIpc) is 2.56. The van der Waals surface area contributed by atoms with E-state index in [2.05, 4.69) is 5.10 Å². The lowest BCUT2D eigenvalue weighted by Gasteiger charge is -2.20. The molecule has 2 aromatic carbocycles. The van der Waals surface area contributed by atoms with Crippen molar-refractivity contribution in [2.24, 2.45) is 0 Å². The van der Waals surface area contributed by atoms with Gasteiger partial charge in [-0.1, -0.05) is 42.5 Å². The third-order valence-electron chi connectivity index (χ3n) is 3.78. The minimum absolute atomic E-state index is 0.106. The fraction of sp³-hybridized carbons (Fsp3) is 0.111. The van der Waals surface area contributed by atoms with Crippen LogP contribution >= 0.6 is 0 Å². The molecular formula is C18H14N2O2. The molecule has 3 aromatic rings. The number of benzene rings is 2. The minimum atomic E-state index is -0.106. The van der Waals surface area contributed by atoms with Crippen molar-refractivity contribution in [2.75, 3.05) is 0 Å². The third-order valence-corrected chi connectivity index (χ3v) is 3.78. The third kappa shape index (κ3) is 2.19. The highest BCUT2D eigenvalue weighted by Crippen LogP contribution is 2.34. The Morgan fingerprint density at radius 3 is 2.68 bits per heavy atom. The summed E-state index contributed by atoms with van der Waals surface area (Å²) >= 11 is 0. The first-order valence-corrected chi connectivity index (χ1v) is 7.18. The van der Waals surface area contributed by atoms with Gasteiger partial charge in [0, 0.05) is 17.2 Å². The lowest BCUT2D eigenvalue weighted by molar-refractivity contribution is 0.300. The zero-order valence-electron chi connectivity index (χ0n) is 11.9.